The van der Waals surface area contributed by atoms with Crippen LogP contribution in [0.1, 0.15) is 76.1 Å². The maximum atomic E-state index is 12.9. The predicted molar refractivity (Wildman–Crippen MR) is 118 cm³/mol. The van der Waals surface area contributed by atoms with Crippen molar-refractivity contribution in [3.05, 3.63) is 33.9 Å². The number of ether oxygens (including phenoxy) is 1. The number of carbonyl (C=O) groups excluding carboxylic acids is 2. The van der Waals surface area contributed by atoms with E-state index in [0.29, 0.717) is 5.69 Å². The molecule has 0 bridgehead atoms. The van der Waals surface area contributed by atoms with Gasteiger partial charge < -0.3 is 14.5 Å². The number of hydrogen-bond acceptors (Lipinski definition) is 6. The summed E-state index contributed by atoms with van der Waals surface area (Å²) in [5.74, 6) is -0.938. The van der Waals surface area contributed by atoms with Crippen molar-refractivity contribution in [2.45, 2.75) is 83.9 Å². The van der Waals surface area contributed by atoms with Crippen molar-refractivity contribution in [3.63, 3.8) is 0 Å². The van der Waals surface area contributed by atoms with E-state index in [-0.39, 0.29) is 29.2 Å². The molecule has 8 heteroatoms. The van der Waals surface area contributed by atoms with Crippen molar-refractivity contribution in [3.8, 4) is 0 Å². The van der Waals surface area contributed by atoms with E-state index in [1.807, 2.05) is 18.7 Å². The summed E-state index contributed by atoms with van der Waals surface area (Å²) in [6, 6.07) is 4.66. The zero-order valence-electron chi connectivity index (χ0n) is 18.7. The zero-order valence-corrected chi connectivity index (χ0v) is 18.7. The van der Waals surface area contributed by atoms with Crippen molar-refractivity contribution < 1.29 is 19.2 Å². The maximum absolute atomic E-state index is 12.9. The molecule has 0 aromatic heterocycles. The molecule has 1 amide bonds. The summed E-state index contributed by atoms with van der Waals surface area (Å²) in [7, 11) is 0. The number of amides is 1. The van der Waals surface area contributed by atoms with Crippen molar-refractivity contribution in [2.75, 3.05) is 18.0 Å². The fourth-order valence-corrected chi connectivity index (χ4v) is 4.72. The van der Waals surface area contributed by atoms with Crippen LogP contribution in [-0.2, 0) is 9.53 Å². The van der Waals surface area contributed by atoms with Gasteiger partial charge in [-0.2, -0.15) is 0 Å². The smallest absolute Gasteiger partial charge is 0.339 e. The van der Waals surface area contributed by atoms with Crippen LogP contribution in [-0.4, -0.2) is 53.0 Å². The molecule has 31 heavy (non-hydrogen) atoms. The molecule has 0 saturated carbocycles. The topological polar surface area (TPSA) is 93.0 Å². The zero-order chi connectivity index (χ0) is 22.5. The second-order valence-corrected chi connectivity index (χ2v) is 8.78. The van der Waals surface area contributed by atoms with E-state index in [2.05, 4.69) is 0 Å². The largest absolute Gasteiger partial charge is 0.449 e. The van der Waals surface area contributed by atoms with E-state index in [9.17, 15) is 19.7 Å². The Kier molecular flexibility index (Phi) is 7.51. The standard InChI is InChI=1S/C23H33N3O5/c1-16-9-8-10-17(2)25(16)22(27)18(3)31-23(28)19-11-12-20(21(15-19)26(29)30)24-13-6-4-5-7-14-24/h11-12,15-18H,4-10,13-14H2,1-3H3/t16-,17-,18-/m1/s1. The third-order valence-electron chi connectivity index (χ3n) is 6.43. The summed E-state index contributed by atoms with van der Waals surface area (Å²) < 4.78 is 5.42. The van der Waals surface area contributed by atoms with Crippen LogP contribution in [0.4, 0.5) is 11.4 Å². The molecule has 1 aromatic carbocycles. The molecular weight excluding hydrogens is 398 g/mol. The minimum atomic E-state index is -0.945. The van der Waals surface area contributed by atoms with Gasteiger partial charge in [-0.25, -0.2) is 4.79 Å². The van der Waals surface area contributed by atoms with Crippen molar-refractivity contribution in [1.82, 2.24) is 4.90 Å². The van der Waals surface area contributed by atoms with Crippen LogP contribution in [0.25, 0.3) is 0 Å². The number of benzene rings is 1. The van der Waals surface area contributed by atoms with Crippen LogP contribution in [0.15, 0.2) is 18.2 Å². The SMILES string of the molecule is C[C@@H]1CCC[C@@H](C)N1C(=O)[C@@H](C)OC(=O)c1ccc(N2CCCCCC2)c([N+](=O)[O-])c1. The number of likely N-dealkylation sites (tertiary alicyclic amines) is 1. The molecule has 3 atom stereocenters. The molecule has 170 valence electrons. The summed E-state index contributed by atoms with van der Waals surface area (Å²) in [6.45, 7) is 7.11. The number of nitro groups is 1. The molecule has 0 N–H and O–H groups in total. The number of esters is 1. The Balaban J connectivity index is 1.74. The minimum Gasteiger partial charge on any atom is -0.449 e. The average Bonchev–Trinajstić information content (AvgIpc) is 3.02. The van der Waals surface area contributed by atoms with Gasteiger partial charge in [-0.15, -0.1) is 0 Å². The van der Waals surface area contributed by atoms with Gasteiger partial charge >= 0.3 is 5.97 Å². The molecule has 2 heterocycles. The van der Waals surface area contributed by atoms with Crippen molar-refractivity contribution in [2.24, 2.45) is 0 Å². The molecule has 2 fully saturated rings. The van der Waals surface area contributed by atoms with Crippen LogP contribution in [0, 0.1) is 10.1 Å². The molecule has 0 aliphatic carbocycles. The summed E-state index contributed by atoms with van der Waals surface area (Å²) >= 11 is 0. The highest BCUT2D eigenvalue weighted by molar-refractivity contribution is 5.94. The molecule has 2 saturated heterocycles. The monoisotopic (exact) mass is 431 g/mol. The Morgan fingerprint density at radius 3 is 2.26 bits per heavy atom. The summed E-state index contributed by atoms with van der Waals surface area (Å²) in [5.41, 5.74) is 0.516. The first-order valence-electron chi connectivity index (χ1n) is 11.4. The first-order chi connectivity index (χ1) is 14.8. The fraction of sp³-hybridized carbons (Fsp3) is 0.652. The number of anilines is 1. The van der Waals surface area contributed by atoms with E-state index in [1.165, 1.54) is 6.07 Å². The molecular formula is C23H33N3O5. The molecule has 2 aliphatic heterocycles. The molecule has 0 radical (unpaired) electrons. The van der Waals surface area contributed by atoms with E-state index in [1.54, 1.807) is 24.0 Å². The Bertz CT molecular complexity index is 809. The van der Waals surface area contributed by atoms with Crippen LogP contribution in [0.3, 0.4) is 0 Å². The van der Waals surface area contributed by atoms with E-state index in [0.717, 1.165) is 58.0 Å². The highest BCUT2D eigenvalue weighted by atomic mass is 16.6. The lowest BCUT2D eigenvalue weighted by Crippen LogP contribution is -2.51. The van der Waals surface area contributed by atoms with Gasteiger partial charge in [0.15, 0.2) is 6.10 Å². The van der Waals surface area contributed by atoms with Gasteiger partial charge in [0.1, 0.15) is 5.69 Å². The normalized spacial score (nSPS) is 23.1. The van der Waals surface area contributed by atoms with Crippen LogP contribution in [0.5, 0.6) is 0 Å². The Labute approximate surface area is 183 Å². The minimum absolute atomic E-state index is 0.0877. The molecule has 1 aromatic rings. The predicted octanol–water partition coefficient (Wildman–Crippen LogP) is 4.31. The lowest BCUT2D eigenvalue weighted by atomic mass is 9.97. The van der Waals surface area contributed by atoms with Gasteiger partial charge in [-0.1, -0.05) is 12.8 Å². The Morgan fingerprint density at radius 1 is 1.06 bits per heavy atom. The third-order valence-corrected chi connectivity index (χ3v) is 6.43. The summed E-state index contributed by atoms with van der Waals surface area (Å²) in [6.07, 6.45) is 6.22. The lowest BCUT2D eigenvalue weighted by Gasteiger charge is -2.40. The van der Waals surface area contributed by atoms with Gasteiger partial charge in [0, 0.05) is 31.2 Å². The van der Waals surface area contributed by atoms with Gasteiger partial charge in [-0.05, 0) is 65.0 Å². The molecule has 8 nitrogen and oxygen atoms in total. The number of nitro benzene ring substituents is 1. The van der Waals surface area contributed by atoms with Gasteiger partial charge in [0.2, 0.25) is 0 Å². The Hall–Kier alpha value is -2.64. The Morgan fingerprint density at radius 2 is 1.68 bits per heavy atom. The summed E-state index contributed by atoms with van der Waals surface area (Å²) in [5, 5.41) is 11.7. The fourth-order valence-electron chi connectivity index (χ4n) is 4.72. The van der Waals surface area contributed by atoms with Crippen LogP contribution in [0.2, 0.25) is 0 Å². The number of carbonyl (C=O) groups is 2. The first kappa shape index (κ1) is 23.0. The van der Waals surface area contributed by atoms with Crippen LogP contribution < -0.4 is 4.90 Å². The number of piperidine rings is 1. The van der Waals surface area contributed by atoms with Crippen molar-refractivity contribution in [1.29, 1.82) is 0 Å². The number of rotatable bonds is 5. The van der Waals surface area contributed by atoms with E-state index < -0.39 is 17.0 Å². The molecule has 2 aliphatic rings. The number of nitrogens with zero attached hydrogens (tertiary/aromatic N) is 3. The average molecular weight is 432 g/mol. The van der Waals surface area contributed by atoms with Gasteiger partial charge in [0.05, 0.1) is 10.5 Å². The molecule has 0 unspecified atom stereocenters. The number of hydrogen-bond donors (Lipinski definition) is 0. The van der Waals surface area contributed by atoms with Gasteiger partial charge in [-0.3, -0.25) is 14.9 Å². The summed E-state index contributed by atoms with van der Waals surface area (Å²) in [4.78, 5) is 40.6. The molecule has 3 rings (SSSR count). The maximum Gasteiger partial charge on any atom is 0.339 e. The third kappa shape index (κ3) is 5.35. The van der Waals surface area contributed by atoms with Gasteiger partial charge in [0.25, 0.3) is 11.6 Å². The quantitative estimate of drug-likeness (QED) is 0.392. The van der Waals surface area contributed by atoms with E-state index in [4.69, 9.17) is 4.74 Å². The van der Waals surface area contributed by atoms with Crippen molar-refractivity contribution >= 4 is 23.3 Å². The van der Waals surface area contributed by atoms with E-state index >= 15 is 0 Å². The highest BCUT2D eigenvalue weighted by Gasteiger charge is 2.33. The second-order valence-electron chi connectivity index (χ2n) is 8.78. The lowest BCUT2D eigenvalue weighted by molar-refractivity contribution is -0.384. The highest BCUT2D eigenvalue weighted by Crippen LogP contribution is 2.31. The molecule has 0 spiro atoms. The van der Waals surface area contributed by atoms with Crippen LogP contribution >= 0.6 is 0 Å². The second kappa shape index (κ2) is 10.1. The first-order valence-corrected chi connectivity index (χ1v) is 11.4.